The summed E-state index contributed by atoms with van der Waals surface area (Å²) >= 11 is 0. The number of phenolic OH excluding ortho intramolecular Hbond substituents is 1. The van der Waals surface area contributed by atoms with Crippen LogP contribution in [0.25, 0.3) is 10.9 Å². The van der Waals surface area contributed by atoms with Crippen molar-refractivity contribution in [3.05, 3.63) is 102 Å². The number of nitrogens with one attached hydrogen (secondary N) is 1. The number of nitrogens with zero attached hydrogens (tertiary/aromatic N) is 1. The van der Waals surface area contributed by atoms with E-state index in [-0.39, 0.29) is 11.8 Å². The smallest absolute Gasteiger partial charge is 0.147 e. The van der Waals surface area contributed by atoms with E-state index in [1.165, 1.54) is 5.56 Å². The average Bonchev–Trinajstić information content (AvgIpc) is 2.69. The second-order valence-corrected chi connectivity index (χ2v) is 6.43. The Morgan fingerprint density at radius 3 is 2.38 bits per heavy atom. The molecule has 0 amide bonds. The fraction of sp³-hybridized carbons (Fsp3) is 0.0870. The van der Waals surface area contributed by atoms with Crippen molar-refractivity contribution in [2.45, 2.75) is 13.0 Å². The molecule has 0 saturated heterocycles. The molecule has 128 valence electrons. The zero-order chi connectivity index (χ0) is 17.9. The molecule has 0 radical (unpaired) electrons. The van der Waals surface area contributed by atoms with E-state index in [2.05, 4.69) is 53.6 Å². The molecule has 0 aliphatic carbocycles. The number of benzene rings is 3. The minimum absolute atomic E-state index is 0.176. The van der Waals surface area contributed by atoms with Gasteiger partial charge in [0, 0.05) is 22.8 Å². The van der Waals surface area contributed by atoms with Crippen molar-refractivity contribution in [1.29, 1.82) is 0 Å². The number of aromatic nitrogens is 1. The van der Waals surface area contributed by atoms with Gasteiger partial charge in [0.2, 0.25) is 0 Å². The molecule has 4 aromatic rings. The van der Waals surface area contributed by atoms with E-state index in [4.69, 9.17) is 0 Å². The van der Waals surface area contributed by atoms with Gasteiger partial charge in [0.05, 0.1) is 6.04 Å². The van der Waals surface area contributed by atoms with Crippen LogP contribution in [0.1, 0.15) is 22.7 Å². The van der Waals surface area contributed by atoms with Crippen LogP contribution in [-0.2, 0) is 0 Å². The first-order chi connectivity index (χ1) is 12.7. The molecular formula is C23H20N2O. The van der Waals surface area contributed by atoms with Gasteiger partial charge < -0.3 is 10.4 Å². The third-order valence-corrected chi connectivity index (χ3v) is 4.59. The maximum Gasteiger partial charge on any atom is 0.147 e. The monoisotopic (exact) mass is 340 g/mol. The number of pyridine rings is 1. The molecule has 0 saturated carbocycles. The van der Waals surface area contributed by atoms with Crippen LogP contribution < -0.4 is 5.32 Å². The summed E-state index contributed by atoms with van der Waals surface area (Å²) in [6, 6.07) is 26.0. The predicted molar refractivity (Wildman–Crippen MR) is 106 cm³/mol. The molecule has 0 spiro atoms. The van der Waals surface area contributed by atoms with Crippen LogP contribution in [0.2, 0.25) is 0 Å². The number of aryl methyl sites for hydroxylation is 1. The second kappa shape index (κ2) is 6.89. The largest absolute Gasteiger partial charge is 0.505 e. The Balaban J connectivity index is 1.83. The number of hydrogen-bond acceptors (Lipinski definition) is 3. The Kier molecular flexibility index (Phi) is 4.28. The topological polar surface area (TPSA) is 45.2 Å². The summed E-state index contributed by atoms with van der Waals surface area (Å²) < 4.78 is 0. The van der Waals surface area contributed by atoms with Crippen molar-refractivity contribution >= 4 is 16.6 Å². The Labute approximate surface area is 153 Å². The Morgan fingerprint density at radius 2 is 1.62 bits per heavy atom. The first kappa shape index (κ1) is 16.2. The third kappa shape index (κ3) is 3.11. The number of fused-ring (bicyclic) bond motifs is 1. The number of rotatable bonds is 4. The van der Waals surface area contributed by atoms with Crippen LogP contribution in [0.4, 0.5) is 5.69 Å². The first-order valence-electron chi connectivity index (χ1n) is 8.67. The molecule has 3 aromatic carbocycles. The maximum absolute atomic E-state index is 10.9. The summed E-state index contributed by atoms with van der Waals surface area (Å²) in [5.74, 6) is 0.219. The standard InChI is InChI=1S/C23H20N2O/c1-16-9-12-19(13-10-16)25-21(17-6-3-2-4-7-17)20-14-11-18-8-5-15-24-22(18)23(20)26/h2-15,21,25-26H,1H3/t21-/m1/s1. The number of hydrogen-bond donors (Lipinski definition) is 2. The molecule has 0 aliphatic rings. The van der Waals surface area contributed by atoms with E-state index in [1.807, 2.05) is 42.5 Å². The van der Waals surface area contributed by atoms with Gasteiger partial charge in [-0.05, 0) is 30.7 Å². The number of phenols is 1. The molecular weight excluding hydrogens is 320 g/mol. The summed E-state index contributed by atoms with van der Waals surface area (Å²) in [5, 5.41) is 15.4. The Morgan fingerprint density at radius 1 is 0.846 bits per heavy atom. The Bertz CT molecular complexity index is 1030. The summed E-state index contributed by atoms with van der Waals surface area (Å²) in [7, 11) is 0. The molecule has 1 aromatic heterocycles. The lowest BCUT2D eigenvalue weighted by molar-refractivity contribution is 0.472. The van der Waals surface area contributed by atoms with Crippen LogP contribution in [0.5, 0.6) is 5.75 Å². The van der Waals surface area contributed by atoms with E-state index >= 15 is 0 Å². The normalized spacial score (nSPS) is 12.0. The van der Waals surface area contributed by atoms with Gasteiger partial charge in [-0.1, -0.05) is 66.2 Å². The van der Waals surface area contributed by atoms with Crippen molar-refractivity contribution in [3.8, 4) is 5.75 Å². The van der Waals surface area contributed by atoms with Crippen molar-refractivity contribution < 1.29 is 5.11 Å². The van der Waals surface area contributed by atoms with Gasteiger partial charge in [-0.3, -0.25) is 4.98 Å². The molecule has 0 unspecified atom stereocenters. The highest BCUT2D eigenvalue weighted by Gasteiger charge is 2.19. The zero-order valence-electron chi connectivity index (χ0n) is 14.6. The average molecular weight is 340 g/mol. The molecule has 1 atom stereocenters. The lowest BCUT2D eigenvalue weighted by atomic mass is 9.96. The molecule has 3 heteroatoms. The molecule has 0 bridgehead atoms. The highest BCUT2D eigenvalue weighted by atomic mass is 16.3. The lowest BCUT2D eigenvalue weighted by Crippen LogP contribution is -2.12. The van der Waals surface area contributed by atoms with E-state index < -0.39 is 0 Å². The maximum atomic E-state index is 10.9. The molecule has 0 aliphatic heterocycles. The van der Waals surface area contributed by atoms with Crippen LogP contribution in [0.15, 0.2) is 85.1 Å². The Hall–Kier alpha value is -3.33. The van der Waals surface area contributed by atoms with Crippen molar-refractivity contribution in [2.24, 2.45) is 0 Å². The summed E-state index contributed by atoms with van der Waals surface area (Å²) in [5.41, 5.74) is 4.73. The van der Waals surface area contributed by atoms with Gasteiger partial charge in [-0.15, -0.1) is 0 Å². The highest BCUT2D eigenvalue weighted by molar-refractivity contribution is 5.86. The zero-order valence-corrected chi connectivity index (χ0v) is 14.6. The highest BCUT2D eigenvalue weighted by Crippen LogP contribution is 2.36. The minimum Gasteiger partial charge on any atom is -0.505 e. The van der Waals surface area contributed by atoms with E-state index in [0.717, 1.165) is 22.2 Å². The van der Waals surface area contributed by atoms with E-state index in [9.17, 15) is 5.11 Å². The van der Waals surface area contributed by atoms with Crippen molar-refractivity contribution in [1.82, 2.24) is 4.98 Å². The van der Waals surface area contributed by atoms with Crippen LogP contribution in [-0.4, -0.2) is 10.1 Å². The fourth-order valence-electron chi connectivity index (χ4n) is 3.18. The van der Waals surface area contributed by atoms with E-state index in [0.29, 0.717) is 5.52 Å². The first-order valence-corrected chi connectivity index (χ1v) is 8.67. The summed E-state index contributed by atoms with van der Waals surface area (Å²) in [4.78, 5) is 4.36. The van der Waals surface area contributed by atoms with Crippen LogP contribution in [0, 0.1) is 6.92 Å². The molecule has 1 heterocycles. The molecule has 0 fully saturated rings. The van der Waals surface area contributed by atoms with Gasteiger partial charge in [-0.25, -0.2) is 0 Å². The third-order valence-electron chi connectivity index (χ3n) is 4.59. The predicted octanol–water partition coefficient (Wildman–Crippen LogP) is 5.45. The lowest BCUT2D eigenvalue weighted by Gasteiger charge is -2.22. The summed E-state index contributed by atoms with van der Waals surface area (Å²) in [6.45, 7) is 2.07. The van der Waals surface area contributed by atoms with E-state index in [1.54, 1.807) is 6.20 Å². The van der Waals surface area contributed by atoms with Crippen molar-refractivity contribution in [3.63, 3.8) is 0 Å². The molecule has 3 nitrogen and oxygen atoms in total. The molecule has 26 heavy (non-hydrogen) atoms. The van der Waals surface area contributed by atoms with Gasteiger partial charge >= 0.3 is 0 Å². The fourth-order valence-corrected chi connectivity index (χ4v) is 3.18. The van der Waals surface area contributed by atoms with Crippen molar-refractivity contribution in [2.75, 3.05) is 5.32 Å². The molecule has 4 rings (SSSR count). The number of anilines is 1. The SMILES string of the molecule is Cc1ccc(N[C@H](c2ccccc2)c2ccc3cccnc3c2O)cc1. The van der Waals surface area contributed by atoms with Crippen LogP contribution in [0.3, 0.4) is 0 Å². The van der Waals surface area contributed by atoms with Gasteiger partial charge in [0.25, 0.3) is 0 Å². The van der Waals surface area contributed by atoms with Crippen LogP contribution >= 0.6 is 0 Å². The second-order valence-electron chi connectivity index (χ2n) is 6.43. The quantitative estimate of drug-likeness (QED) is 0.519. The molecule has 2 N–H and O–H groups in total. The van der Waals surface area contributed by atoms with Gasteiger partial charge in [0.1, 0.15) is 11.3 Å². The minimum atomic E-state index is -0.176. The van der Waals surface area contributed by atoms with Gasteiger partial charge in [-0.2, -0.15) is 0 Å². The summed E-state index contributed by atoms with van der Waals surface area (Å²) in [6.07, 6.45) is 1.71. The number of aromatic hydroxyl groups is 1. The van der Waals surface area contributed by atoms with Gasteiger partial charge in [0.15, 0.2) is 0 Å².